The minimum atomic E-state index is -0.324. The maximum atomic E-state index is 14.1. The summed E-state index contributed by atoms with van der Waals surface area (Å²) in [6, 6.07) is 11.2. The number of hydrogen-bond acceptors (Lipinski definition) is 5. The average molecular weight is 460 g/mol. The number of fused-ring (bicyclic) bond motifs is 2. The van der Waals surface area contributed by atoms with Crippen molar-refractivity contribution in [3.8, 4) is 39.3 Å². The fourth-order valence-electron chi connectivity index (χ4n) is 4.60. The number of aryl methyl sites for hydroxylation is 1. The molecule has 8 heteroatoms. The van der Waals surface area contributed by atoms with E-state index >= 15 is 0 Å². The maximum absolute atomic E-state index is 14.1. The molecule has 6 nitrogen and oxygen atoms in total. The molecule has 0 bridgehead atoms. The van der Waals surface area contributed by atoms with Crippen LogP contribution in [0.1, 0.15) is 5.69 Å². The van der Waals surface area contributed by atoms with Crippen LogP contribution in [0, 0.1) is 5.82 Å². The molecular weight excluding hydrogens is 437 g/mol. The predicted molar refractivity (Wildman–Crippen MR) is 129 cm³/mol. The Hall–Kier alpha value is -3.49. The van der Waals surface area contributed by atoms with Gasteiger partial charge < -0.3 is 10.1 Å². The molecule has 1 N–H and O–H groups in total. The molecule has 0 amide bonds. The first-order valence-electron chi connectivity index (χ1n) is 10.8. The quantitative estimate of drug-likeness (QED) is 0.407. The second-order valence-electron chi connectivity index (χ2n) is 8.18. The molecule has 0 unspecified atom stereocenters. The number of nitrogens with one attached hydrogen (secondary N) is 1. The van der Waals surface area contributed by atoms with E-state index in [0.717, 1.165) is 68.9 Å². The Bertz CT molecular complexity index is 1470. The van der Waals surface area contributed by atoms with Crippen LogP contribution in [0.25, 0.3) is 43.6 Å². The second-order valence-corrected chi connectivity index (χ2v) is 9.09. The van der Waals surface area contributed by atoms with Crippen LogP contribution >= 0.6 is 11.3 Å². The molecule has 6 rings (SSSR count). The van der Waals surface area contributed by atoms with E-state index in [1.54, 1.807) is 24.5 Å². The van der Waals surface area contributed by atoms with Crippen LogP contribution in [0.2, 0.25) is 0 Å². The summed E-state index contributed by atoms with van der Waals surface area (Å²) in [6.45, 7) is 2.53. The minimum absolute atomic E-state index is 0.324. The molecule has 0 saturated heterocycles. The zero-order valence-corrected chi connectivity index (χ0v) is 19.1. The fraction of sp³-hybridized carbons (Fsp3) is 0.200. The van der Waals surface area contributed by atoms with E-state index in [-0.39, 0.29) is 5.82 Å². The lowest BCUT2D eigenvalue weighted by atomic mass is 9.91. The van der Waals surface area contributed by atoms with Gasteiger partial charge in [0.15, 0.2) is 0 Å². The van der Waals surface area contributed by atoms with Crippen LogP contribution in [0.5, 0.6) is 5.75 Å². The van der Waals surface area contributed by atoms with Gasteiger partial charge in [-0.2, -0.15) is 10.2 Å². The number of ether oxygens (including phenoxy) is 1. The van der Waals surface area contributed by atoms with Crippen LogP contribution in [-0.4, -0.2) is 33.2 Å². The molecule has 2 aromatic carbocycles. The van der Waals surface area contributed by atoms with Crippen LogP contribution in [-0.2, 0) is 20.1 Å². The molecule has 0 spiro atoms. The summed E-state index contributed by atoms with van der Waals surface area (Å²) in [5, 5.41) is 16.0. The molecule has 166 valence electrons. The minimum Gasteiger partial charge on any atom is -0.496 e. The van der Waals surface area contributed by atoms with Gasteiger partial charge in [-0.05, 0) is 41.3 Å². The SMILES string of the molecule is COc1cc(F)ccc1-c1c(-c2cc3n(n2)CCNC3)cc(-c2cnn(C)c2)c2ccsc12. The molecule has 0 radical (unpaired) electrons. The van der Waals surface area contributed by atoms with E-state index in [2.05, 4.69) is 38.7 Å². The molecule has 3 aromatic heterocycles. The fourth-order valence-corrected chi connectivity index (χ4v) is 5.58. The number of rotatable bonds is 4. The average Bonchev–Trinajstić information content (AvgIpc) is 3.57. The zero-order chi connectivity index (χ0) is 22.5. The lowest BCUT2D eigenvalue weighted by Gasteiger charge is -2.16. The number of halogens is 1. The van der Waals surface area contributed by atoms with Gasteiger partial charge in [0.25, 0.3) is 0 Å². The number of thiophene rings is 1. The predicted octanol–water partition coefficient (Wildman–Crippen LogP) is 5.08. The van der Waals surface area contributed by atoms with Gasteiger partial charge in [0.05, 0.1) is 31.2 Å². The van der Waals surface area contributed by atoms with E-state index in [1.807, 2.05) is 24.1 Å². The monoisotopic (exact) mass is 459 g/mol. The van der Waals surface area contributed by atoms with Crippen molar-refractivity contribution < 1.29 is 9.13 Å². The summed E-state index contributed by atoms with van der Waals surface area (Å²) in [5.74, 6) is 0.181. The van der Waals surface area contributed by atoms with Crippen LogP contribution in [0.4, 0.5) is 4.39 Å². The second kappa shape index (κ2) is 7.83. The van der Waals surface area contributed by atoms with E-state index in [9.17, 15) is 4.39 Å². The Morgan fingerprint density at radius 1 is 1.12 bits per heavy atom. The van der Waals surface area contributed by atoms with Gasteiger partial charge >= 0.3 is 0 Å². The van der Waals surface area contributed by atoms with Gasteiger partial charge in [0.2, 0.25) is 0 Å². The van der Waals surface area contributed by atoms with Crippen LogP contribution in [0.3, 0.4) is 0 Å². The normalized spacial score (nSPS) is 13.4. The van der Waals surface area contributed by atoms with Crippen molar-refractivity contribution in [3.63, 3.8) is 0 Å². The number of hydrogen-bond donors (Lipinski definition) is 1. The molecule has 5 aromatic rings. The number of nitrogens with zero attached hydrogens (tertiary/aromatic N) is 4. The third kappa shape index (κ3) is 3.34. The van der Waals surface area contributed by atoms with Gasteiger partial charge in [0.1, 0.15) is 11.6 Å². The first-order chi connectivity index (χ1) is 16.1. The standard InChI is InChI=1S/C25H22FN5OS/c1-30-14-15(12-28-30)20-11-21(22-10-17-13-27-6-7-31(17)29-22)24(25-18(20)5-8-33-25)19-4-3-16(26)9-23(19)32-2/h3-5,8-12,14,27H,6-7,13H2,1-2H3. The van der Waals surface area contributed by atoms with E-state index < -0.39 is 0 Å². The Morgan fingerprint density at radius 3 is 2.82 bits per heavy atom. The molecule has 0 saturated carbocycles. The van der Waals surface area contributed by atoms with Crippen LogP contribution < -0.4 is 10.1 Å². The zero-order valence-electron chi connectivity index (χ0n) is 18.3. The van der Waals surface area contributed by atoms with Gasteiger partial charge in [-0.25, -0.2) is 4.39 Å². The topological polar surface area (TPSA) is 56.9 Å². The molecule has 33 heavy (non-hydrogen) atoms. The Kier molecular flexibility index (Phi) is 4.78. The Labute approximate surface area is 194 Å². The highest BCUT2D eigenvalue weighted by Crippen LogP contribution is 2.47. The molecule has 4 heterocycles. The number of benzene rings is 2. The first kappa shape index (κ1) is 20.1. The lowest BCUT2D eigenvalue weighted by Crippen LogP contribution is -2.28. The molecular formula is C25H22FN5OS. The number of aromatic nitrogens is 4. The van der Waals surface area contributed by atoms with Crippen molar-refractivity contribution in [1.82, 2.24) is 24.9 Å². The van der Waals surface area contributed by atoms with E-state index in [1.165, 1.54) is 12.1 Å². The van der Waals surface area contributed by atoms with Gasteiger partial charge in [-0.15, -0.1) is 11.3 Å². The van der Waals surface area contributed by atoms with Crippen molar-refractivity contribution >= 4 is 21.4 Å². The summed E-state index contributed by atoms with van der Waals surface area (Å²) in [5.41, 5.74) is 7.05. The van der Waals surface area contributed by atoms with Crippen molar-refractivity contribution in [2.24, 2.45) is 7.05 Å². The third-order valence-corrected chi connectivity index (χ3v) is 7.07. The number of methoxy groups -OCH3 is 1. The summed E-state index contributed by atoms with van der Waals surface area (Å²) in [6.07, 6.45) is 3.91. The highest BCUT2D eigenvalue weighted by molar-refractivity contribution is 7.18. The molecule has 0 atom stereocenters. The van der Waals surface area contributed by atoms with Gasteiger partial charge in [0, 0.05) is 64.7 Å². The Balaban J connectivity index is 1.69. The highest BCUT2D eigenvalue weighted by atomic mass is 32.1. The van der Waals surface area contributed by atoms with Crippen molar-refractivity contribution in [1.29, 1.82) is 0 Å². The summed E-state index contributed by atoms with van der Waals surface area (Å²) < 4.78 is 24.7. The van der Waals surface area contributed by atoms with Gasteiger partial charge in [-0.3, -0.25) is 9.36 Å². The largest absolute Gasteiger partial charge is 0.496 e. The van der Waals surface area contributed by atoms with Gasteiger partial charge in [-0.1, -0.05) is 0 Å². The smallest absolute Gasteiger partial charge is 0.129 e. The molecule has 1 aliphatic heterocycles. The van der Waals surface area contributed by atoms with Crippen molar-refractivity contribution in [2.75, 3.05) is 13.7 Å². The lowest BCUT2D eigenvalue weighted by molar-refractivity contribution is 0.413. The Morgan fingerprint density at radius 2 is 2.03 bits per heavy atom. The maximum Gasteiger partial charge on any atom is 0.129 e. The summed E-state index contributed by atoms with van der Waals surface area (Å²) >= 11 is 1.67. The first-order valence-corrected chi connectivity index (χ1v) is 11.7. The summed E-state index contributed by atoms with van der Waals surface area (Å²) in [7, 11) is 3.50. The van der Waals surface area contributed by atoms with Crippen molar-refractivity contribution in [3.05, 3.63) is 65.7 Å². The summed E-state index contributed by atoms with van der Waals surface area (Å²) in [4.78, 5) is 0. The molecule has 0 aliphatic carbocycles. The van der Waals surface area contributed by atoms with Crippen molar-refractivity contribution in [2.45, 2.75) is 13.1 Å². The highest BCUT2D eigenvalue weighted by Gasteiger charge is 2.23. The molecule has 0 fully saturated rings. The van der Waals surface area contributed by atoms with E-state index in [4.69, 9.17) is 9.84 Å². The van der Waals surface area contributed by atoms with Crippen LogP contribution in [0.15, 0.2) is 54.2 Å². The van der Waals surface area contributed by atoms with E-state index in [0.29, 0.717) is 5.75 Å². The molecule has 1 aliphatic rings. The third-order valence-electron chi connectivity index (χ3n) is 6.14.